The fraction of sp³-hybridized carbons (Fsp3) is 0.385. The van der Waals surface area contributed by atoms with Crippen LogP contribution in [-0.2, 0) is 13.0 Å². The van der Waals surface area contributed by atoms with Crippen LogP contribution in [0.15, 0.2) is 23.0 Å². The first-order valence-electron chi connectivity index (χ1n) is 6.17. The molecule has 0 atom stereocenters. The molecule has 2 heterocycles. The molecule has 7 heteroatoms. The quantitative estimate of drug-likeness (QED) is 0.861. The van der Waals surface area contributed by atoms with Crippen molar-refractivity contribution in [1.82, 2.24) is 15.1 Å². The molecule has 0 aliphatic carbocycles. The first-order chi connectivity index (χ1) is 9.54. The van der Waals surface area contributed by atoms with Gasteiger partial charge in [-0.1, -0.05) is 19.0 Å². The van der Waals surface area contributed by atoms with Crippen LogP contribution in [-0.4, -0.2) is 26.2 Å². The van der Waals surface area contributed by atoms with E-state index in [4.69, 9.17) is 14.4 Å². The largest absolute Gasteiger partial charge is 0.482 e. The van der Waals surface area contributed by atoms with E-state index >= 15 is 0 Å². The van der Waals surface area contributed by atoms with Gasteiger partial charge in [-0.25, -0.2) is 4.79 Å². The van der Waals surface area contributed by atoms with Gasteiger partial charge in [0.05, 0.1) is 11.8 Å². The molecule has 0 aliphatic heterocycles. The topological polar surface area (TPSA) is 98.3 Å². The monoisotopic (exact) mass is 277 g/mol. The van der Waals surface area contributed by atoms with Crippen molar-refractivity contribution >= 4 is 5.97 Å². The van der Waals surface area contributed by atoms with Crippen molar-refractivity contribution in [3.05, 3.63) is 35.7 Å². The van der Waals surface area contributed by atoms with Crippen molar-refractivity contribution < 1.29 is 19.2 Å². The average molecular weight is 277 g/mol. The third kappa shape index (κ3) is 3.78. The van der Waals surface area contributed by atoms with Gasteiger partial charge in [-0.2, -0.15) is 4.98 Å². The van der Waals surface area contributed by atoms with E-state index in [1.165, 1.54) is 18.5 Å². The molecule has 0 aliphatic rings. The smallest absolute Gasteiger partial charge is 0.337 e. The summed E-state index contributed by atoms with van der Waals surface area (Å²) >= 11 is 0. The summed E-state index contributed by atoms with van der Waals surface area (Å²) in [6.45, 7) is 4.21. The molecule has 0 bridgehead atoms. The summed E-state index contributed by atoms with van der Waals surface area (Å²) in [5, 5.41) is 12.7. The summed E-state index contributed by atoms with van der Waals surface area (Å²) < 4.78 is 10.4. The molecule has 1 N–H and O–H groups in total. The standard InChI is InChI=1S/C13H15N3O4/c1-8(2)3-11-15-12(20-16-11)7-19-10-4-9(13(17)18)5-14-6-10/h4-6,8H,3,7H2,1-2H3,(H,17,18). The van der Waals surface area contributed by atoms with Crippen LogP contribution in [0.1, 0.15) is 35.9 Å². The zero-order chi connectivity index (χ0) is 14.5. The second kappa shape index (κ2) is 6.14. The minimum Gasteiger partial charge on any atom is -0.482 e. The van der Waals surface area contributed by atoms with Crippen molar-refractivity contribution in [3.8, 4) is 5.75 Å². The van der Waals surface area contributed by atoms with Crippen molar-refractivity contribution in [1.29, 1.82) is 0 Å². The molecule has 0 amide bonds. The molecular formula is C13H15N3O4. The minimum absolute atomic E-state index is 0.0634. The van der Waals surface area contributed by atoms with Gasteiger partial charge in [0.15, 0.2) is 12.4 Å². The van der Waals surface area contributed by atoms with Crippen LogP contribution < -0.4 is 4.74 Å². The second-order valence-corrected chi connectivity index (χ2v) is 4.71. The molecule has 2 aromatic rings. The molecule has 106 valence electrons. The molecule has 0 radical (unpaired) electrons. The van der Waals surface area contributed by atoms with Crippen LogP contribution in [0, 0.1) is 5.92 Å². The Morgan fingerprint density at radius 1 is 1.45 bits per heavy atom. The van der Waals surface area contributed by atoms with Crippen molar-refractivity contribution in [2.45, 2.75) is 26.9 Å². The SMILES string of the molecule is CC(C)Cc1noc(COc2cncc(C(=O)O)c2)n1. The van der Waals surface area contributed by atoms with E-state index in [1.54, 1.807) is 0 Å². The highest BCUT2D eigenvalue weighted by atomic mass is 16.5. The van der Waals surface area contributed by atoms with Gasteiger partial charge in [-0.05, 0) is 12.0 Å². The van der Waals surface area contributed by atoms with Gasteiger partial charge in [-0.3, -0.25) is 4.98 Å². The Morgan fingerprint density at radius 2 is 2.25 bits per heavy atom. The second-order valence-electron chi connectivity index (χ2n) is 4.71. The van der Waals surface area contributed by atoms with E-state index in [2.05, 4.69) is 29.0 Å². The molecule has 20 heavy (non-hydrogen) atoms. The lowest BCUT2D eigenvalue weighted by Crippen LogP contribution is -2.01. The number of rotatable bonds is 6. The third-order valence-corrected chi connectivity index (χ3v) is 2.42. The zero-order valence-electron chi connectivity index (χ0n) is 11.2. The summed E-state index contributed by atoms with van der Waals surface area (Å²) in [5.74, 6) is 0.712. The lowest BCUT2D eigenvalue weighted by molar-refractivity contribution is 0.0696. The van der Waals surface area contributed by atoms with Crippen LogP contribution >= 0.6 is 0 Å². The van der Waals surface area contributed by atoms with E-state index in [1.807, 2.05) is 0 Å². The molecule has 0 aromatic carbocycles. The van der Waals surface area contributed by atoms with Crippen LogP contribution in [0.25, 0.3) is 0 Å². The van der Waals surface area contributed by atoms with Crippen LogP contribution in [0.5, 0.6) is 5.75 Å². The van der Waals surface area contributed by atoms with Crippen LogP contribution in [0.4, 0.5) is 0 Å². The molecule has 0 fully saturated rings. The maximum Gasteiger partial charge on any atom is 0.337 e. The Morgan fingerprint density at radius 3 is 2.95 bits per heavy atom. The molecule has 0 saturated carbocycles. The van der Waals surface area contributed by atoms with E-state index in [-0.39, 0.29) is 12.2 Å². The number of hydrogen-bond acceptors (Lipinski definition) is 6. The van der Waals surface area contributed by atoms with Crippen molar-refractivity contribution in [2.24, 2.45) is 5.92 Å². The van der Waals surface area contributed by atoms with Gasteiger partial charge in [0, 0.05) is 12.6 Å². The maximum atomic E-state index is 10.8. The summed E-state index contributed by atoms with van der Waals surface area (Å²) in [5.41, 5.74) is 0.0634. The van der Waals surface area contributed by atoms with Gasteiger partial charge < -0.3 is 14.4 Å². The highest BCUT2D eigenvalue weighted by Crippen LogP contribution is 2.13. The summed E-state index contributed by atoms with van der Waals surface area (Å²) in [6, 6.07) is 1.39. The fourth-order valence-electron chi connectivity index (χ4n) is 1.56. The lowest BCUT2D eigenvalue weighted by atomic mass is 10.1. The minimum atomic E-state index is -1.06. The van der Waals surface area contributed by atoms with Gasteiger partial charge in [0.25, 0.3) is 5.89 Å². The third-order valence-electron chi connectivity index (χ3n) is 2.42. The summed E-state index contributed by atoms with van der Waals surface area (Å²) in [6.07, 6.45) is 3.42. The number of carbonyl (C=O) groups is 1. The predicted molar refractivity (Wildman–Crippen MR) is 68.4 cm³/mol. The molecule has 0 saturated heterocycles. The Bertz CT molecular complexity index is 595. The van der Waals surface area contributed by atoms with E-state index in [0.29, 0.717) is 23.4 Å². The van der Waals surface area contributed by atoms with Gasteiger partial charge in [0.1, 0.15) is 5.75 Å². The first-order valence-corrected chi connectivity index (χ1v) is 6.17. The van der Waals surface area contributed by atoms with Crippen LogP contribution in [0.3, 0.4) is 0 Å². The summed E-state index contributed by atoms with van der Waals surface area (Å²) in [7, 11) is 0. The number of hydrogen-bond donors (Lipinski definition) is 1. The number of carboxylic acids is 1. The Hall–Kier alpha value is -2.44. The number of carboxylic acid groups (broad SMARTS) is 1. The fourth-order valence-corrected chi connectivity index (χ4v) is 1.56. The van der Waals surface area contributed by atoms with Crippen molar-refractivity contribution in [2.75, 3.05) is 0 Å². The molecule has 0 unspecified atom stereocenters. The molecule has 2 aromatic heterocycles. The Balaban J connectivity index is 1.96. The highest BCUT2D eigenvalue weighted by Gasteiger charge is 2.10. The summed E-state index contributed by atoms with van der Waals surface area (Å²) in [4.78, 5) is 18.8. The van der Waals surface area contributed by atoms with E-state index in [9.17, 15) is 4.79 Å². The molecule has 2 rings (SSSR count). The van der Waals surface area contributed by atoms with Gasteiger partial charge in [-0.15, -0.1) is 0 Å². The maximum absolute atomic E-state index is 10.8. The van der Waals surface area contributed by atoms with Gasteiger partial charge >= 0.3 is 5.97 Å². The number of aromatic nitrogens is 3. The predicted octanol–water partition coefficient (Wildman–Crippen LogP) is 1.94. The Kier molecular flexibility index (Phi) is 4.29. The Labute approximate surface area is 115 Å². The highest BCUT2D eigenvalue weighted by molar-refractivity contribution is 5.87. The molecular weight excluding hydrogens is 262 g/mol. The molecule has 7 nitrogen and oxygen atoms in total. The lowest BCUT2D eigenvalue weighted by Gasteiger charge is -2.02. The number of aromatic carboxylic acids is 1. The number of nitrogens with zero attached hydrogens (tertiary/aromatic N) is 3. The number of pyridine rings is 1. The van der Waals surface area contributed by atoms with Crippen molar-refractivity contribution in [3.63, 3.8) is 0 Å². The van der Waals surface area contributed by atoms with E-state index in [0.717, 1.165) is 6.42 Å². The van der Waals surface area contributed by atoms with E-state index < -0.39 is 5.97 Å². The number of ether oxygens (including phenoxy) is 1. The zero-order valence-corrected chi connectivity index (χ0v) is 11.2. The molecule has 0 spiro atoms. The first kappa shape index (κ1) is 14.0. The van der Waals surface area contributed by atoms with Crippen LogP contribution in [0.2, 0.25) is 0 Å². The average Bonchev–Trinajstić information content (AvgIpc) is 2.83. The normalized spacial score (nSPS) is 10.8. The van der Waals surface area contributed by atoms with Gasteiger partial charge in [0.2, 0.25) is 0 Å².